The van der Waals surface area contributed by atoms with E-state index in [0.29, 0.717) is 57.9 Å². The minimum Gasteiger partial charge on any atom is -0.383 e. The molecule has 2 atom stereocenters. The van der Waals surface area contributed by atoms with Gasteiger partial charge in [-0.1, -0.05) is 0 Å². The van der Waals surface area contributed by atoms with Crippen molar-refractivity contribution in [2.24, 2.45) is 17.8 Å². The van der Waals surface area contributed by atoms with Gasteiger partial charge in [-0.05, 0) is 42.9 Å². The van der Waals surface area contributed by atoms with Crippen molar-refractivity contribution in [1.82, 2.24) is 15.5 Å². The van der Waals surface area contributed by atoms with E-state index in [2.05, 4.69) is 10.6 Å². The predicted molar refractivity (Wildman–Crippen MR) is 119 cm³/mol. The molecule has 2 saturated heterocycles. The monoisotopic (exact) mass is 481 g/mol. The number of anilines is 1. The Kier molecular flexibility index (Phi) is 8.25. The van der Waals surface area contributed by atoms with Crippen LogP contribution in [0.15, 0.2) is 18.2 Å². The average Bonchev–Trinajstić information content (AvgIpc) is 3.28. The minimum atomic E-state index is -4.64. The third-order valence-electron chi connectivity index (χ3n) is 6.76. The zero-order valence-corrected chi connectivity index (χ0v) is 19.3. The molecule has 2 heterocycles. The molecule has 186 valence electrons. The van der Waals surface area contributed by atoms with Crippen molar-refractivity contribution in [3.8, 4) is 6.07 Å². The van der Waals surface area contributed by atoms with E-state index in [1.165, 1.54) is 12.1 Å². The van der Waals surface area contributed by atoms with Crippen LogP contribution >= 0.6 is 0 Å². The lowest BCUT2D eigenvalue weighted by Gasteiger charge is -2.36. The number of hydrogen-bond donors (Lipinski definition) is 2. The molecule has 0 saturated carbocycles. The van der Waals surface area contributed by atoms with Crippen LogP contribution in [0.3, 0.4) is 0 Å². The highest BCUT2D eigenvalue weighted by Crippen LogP contribution is 2.40. The summed E-state index contributed by atoms with van der Waals surface area (Å²) < 4.78 is 45.3. The first-order valence-electron chi connectivity index (χ1n) is 11.3. The van der Waals surface area contributed by atoms with Gasteiger partial charge in [-0.15, -0.1) is 0 Å². The van der Waals surface area contributed by atoms with Gasteiger partial charge in [-0.3, -0.25) is 4.79 Å². The zero-order chi connectivity index (χ0) is 24.9. The Morgan fingerprint density at radius 2 is 1.94 bits per heavy atom. The third kappa shape index (κ3) is 5.73. The van der Waals surface area contributed by atoms with Gasteiger partial charge in [-0.2, -0.15) is 18.4 Å². The summed E-state index contributed by atoms with van der Waals surface area (Å²) in [6.45, 7) is 2.69. The Morgan fingerprint density at radius 1 is 1.24 bits per heavy atom. The lowest BCUT2D eigenvalue weighted by Crippen LogP contribution is -2.47. The number of halogens is 3. The van der Waals surface area contributed by atoms with Crippen molar-refractivity contribution in [3.63, 3.8) is 0 Å². The van der Waals surface area contributed by atoms with E-state index >= 15 is 0 Å². The molecule has 0 bridgehead atoms. The molecule has 2 N–H and O–H groups in total. The summed E-state index contributed by atoms with van der Waals surface area (Å²) in [6, 6.07) is 5.13. The predicted octanol–water partition coefficient (Wildman–Crippen LogP) is 2.44. The summed E-state index contributed by atoms with van der Waals surface area (Å²) in [5, 5.41) is 14.5. The maximum atomic E-state index is 13.5. The van der Waals surface area contributed by atoms with Gasteiger partial charge < -0.3 is 25.2 Å². The Bertz CT molecular complexity index is 925. The molecule has 8 nitrogen and oxygen atoms in total. The largest absolute Gasteiger partial charge is 0.417 e. The number of piperidine rings is 1. The molecule has 0 aromatic heterocycles. The summed E-state index contributed by atoms with van der Waals surface area (Å²) in [4.78, 5) is 28.5. The number of hydrogen-bond acceptors (Lipinski definition) is 5. The number of amides is 3. The van der Waals surface area contributed by atoms with Crippen molar-refractivity contribution < 1.29 is 27.5 Å². The lowest BCUT2D eigenvalue weighted by molar-refractivity contribution is -0.137. The topological polar surface area (TPSA) is 97.7 Å². The van der Waals surface area contributed by atoms with E-state index in [0.717, 1.165) is 6.07 Å². The van der Waals surface area contributed by atoms with Gasteiger partial charge in [0.05, 0.1) is 29.7 Å². The molecule has 1 aromatic carbocycles. The van der Waals surface area contributed by atoms with Crippen molar-refractivity contribution in [1.29, 1.82) is 5.26 Å². The highest BCUT2D eigenvalue weighted by atomic mass is 19.4. The van der Waals surface area contributed by atoms with E-state index in [1.54, 1.807) is 30.0 Å². The summed E-state index contributed by atoms with van der Waals surface area (Å²) in [7, 11) is 3.12. The fourth-order valence-corrected chi connectivity index (χ4v) is 4.94. The number of methoxy groups -OCH3 is 1. The Morgan fingerprint density at radius 3 is 2.53 bits per heavy atom. The van der Waals surface area contributed by atoms with Crippen LogP contribution in [0, 0.1) is 29.1 Å². The van der Waals surface area contributed by atoms with Crippen LogP contribution in [0.4, 0.5) is 23.7 Å². The number of carbonyl (C=O) groups excluding carboxylic acids is 2. The Hall–Kier alpha value is -3.00. The number of carbonyl (C=O) groups is 2. The maximum absolute atomic E-state index is 13.5. The average molecular weight is 482 g/mol. The molecule has 1 aromatic rings. The summed E-state index contributed by atoms with van der Waals surface area (Å²) >= 11 is 0. The second-order valence-electron chi connectivity index (χ2n) is 8.68. The molecule has 0 unspecified atom stereocenters. The van der Waals surface area contributed by atoms with Gasteiger partial charge in [0.25, 0.3) is 0 Å². The van der Waals surface area contributed by atoms with Gasteiger partial charge in [0.1, 0.15) is 0 Å². The van der Waals surface area contributed by atoms with Crippen molar-refractivity contribution in [2.45, 2.75) is 19.0 Å². The highest BCUT2D eigenvalue weighted by molar-refractivity contribution is 5.80. The molecule has 0 spiro atoms. The second-order valence-corrected chi connectivity index (χ2v) is 8.68. The molecule has 3 amide bonds. The number of benzene rings is 1. The quantitative estimate of drug-likeness (QED) is 0.609. The number of alkyl halides is 3. The minimum absolute atomic E-state index is 0.0522. The first kappa shape index (κ1) is 25.6. The standard InChI is InChI=1S/C23H30F3N5O3/c1-28-21(32)19-14-31(17-4-3-16(12-27)20(11-17)23(24,25)26)13-18(19)15-5-8-30(9-6-15)22(33)29-7-10-34-2/h3-4,11,15,18-19H,5-10,13-14H2,1-2H3,(H,28,32)(H,29,33)/t18-,19+/m0/s1. The molecule has 34 heavy (non-hydrogen) atoms. The van der Waals surface area contributed by atoms with Crippen LogP contribution in [0.2, 0.25) is 0 Å². The van der Waals surface area contributed by atoms with Gasteiger partial charge in [0, 0.05) is 52.6 Å². The third-order valence-corrected chi connectivity index (χ3v) is 6.76. The number of urea groups is 1. The van der Waals surface area contributed by atoms with Crippen molar-refractivity contribution in [2.75, 3.05) is 58.4 Å². The second kappa shape index (κ2) is 11.0. The Balaban J connectivity index is 1.72. The van der Waals surface area contributed by atoms with E-state index < -0.39 is 17.3 Å². The number of nitrogens with one attached hydrogen (secondary N) is 2. The first-order valence-corrected chi connectivity index (χ1v) is 11.3. The lowest BCUT2D eigenvalue weighted by atomic mass is 9.78. The SMILES string of the molecule is CNC(=O)[C@@H]1CN(c2ccc(C#N)c(C(F)(F)F)c2)C[C@H]1C1CCN(C(=O)NCCOC)CC1. The number of rotatable bonds is 6. The molecular formula is C23H30F3N5O3. The number of nitriles is 1. The molecule has 11 heteroatoms. The molecule has 0 aliphatic carbocycles. The summed E-state index contributed by atoms with van der Waals surface area (Å²) in [5.74, 6) is -0.404. The van der Waals surface area contributed by atoms with Crippen LogP contribution in [-0.4, -0.2) is 70.3 Å². The van der Waals surface area contributed by atoms with Crippen molar-refractivity contribution >= 4 is 17.6 Å². The van der Waals surface area contributed by atoms with Gasteiger partial charge in [0.2, 0.25) is 5.91 Å². The first-order chi connectivity index (χ1) is 16.2. The molecule has 2 aliphatic rings. The van der Waals surface area contributed by atoms with E-state index in [9.17, 15) is 22.8 Å². The summed E-state index contributed by atoms with van der Waals surface area (Å²) in [5.41, 5.74) is -1.05. The number of nitrogens with zero attached hydrogens (tertiary/aromatic N) is 3. The number of likely N-dealkylation sites (tertiary alicyclic amines) is 1. The summed E-state index contributed by atoms with van der Waals surface area (Å²) in [6.07, 6.45) is -3.22. The van der Waals surface area contributed by atoms with E-state index in [1.807, 2.05) is 0 Å². The highest BCUT2D eigenvalue weighted by Gasteiger charge is 2.43. The smallest absolute Gasteiger partial charge is 0.383 e. The normalized spacial score (nSPS) is 21.3. The number of ether oxygens (including phenoxy) is 1. The van der Waals surface area contributed by atoms with Crippen LogP contribution in [0.25, 0.3) is 0 Å². The Labute approximate surface area is 197 Å². The van der Waals surface area contributed by atoms with Gasteiger partial charge in [0.15, 0.2) is 0 Å². The van der Waals surface area contributed by atoms with E-state index in [4.69, 9.17) is 10.00 Å². The molecule has 2 fully saturated rings. The molecule has 2 aliphatic heterocycles. The molecular weight excluding hydrogens is 451 g/mol. The van der Waals surface area contributed by atoms with Crippen molar-refractivity contribution in [3.05, 3.63) is 29.3 Å². The van der Waals surface area contributed by atoms with E-state index in [-0.39, 0.29) is 29.7 Å². The fourth-order valence-electron chi connectivity index (χ4n) is 4.94. The van der Waals surface area contributed by atoms with Crippen LogP contribution in [0.5, 0.6) is 0 Å². The van der Waals surface area contributed by atoms with Gasteiger partial charge in [-0.25, -0.2) is 4.79 Å². The van der Waals surface area contributed by atoms with Crippen LogP contribution in [0.1, 0.15) is 24.0 Å². The molecule has 0 radical (unpaired) electrons. The van der Waals surface area contributed by atoms with Crippen LogP contribution < -0.4 is 15.5 Å². The fraction of sp³-hybridized carbons (Fsp3) is 0.609. The van der Waals surface area contributed by atoms with Gasteiger partial charge >= 0.3 is 12.2 Å². The van der Waals surface area contributed by atoms with Crippen LogP contribution in [-0.2, 0) is 15.7 Å². The zero-order valence-electron chi connectivity index (χ0n) is 19.3. The maximum Gasteiger partial charge on any atom is 0.417 e. The molecule has 3 rings (SSSR count).